The van der Waals surface area contributed by atoms with Crippen molar-refractivity contribution in [3.05, 3.63) is 29.8 Å². The van der Waals surface area contributed by atoms with Gasteiger partial charge in [0.05, 0.1) is 6.10 Å². The van der Waals surface area contributed by atoms with Crippen LogP contribution in [0.25, 0.3) is 0 Å². The van der Waals surface area contributed by atoms with Crippen molar-refractivity contribution >= 4 is 0 Å². The summed E-state index contributed by atoms with van der Waals surface area (Å²) < 4.78 is 5.75. The fourth-order valence-electron chi connectivity index (χ4n) is 2.51. The van der Waals surface area contributed by atoms with Crippen molar-refractivity contribution in [3.8, 4) is 5.75 Å². The molecule has 2 unspecified atom stereocenters. The van der Waals surface area contributed by atoms with Gasteiger partial charge in [-0.05, 0) is 43.5 Å². The minimum atomic E-state index is -0.202. The van der Waals surface area contributed by atoms with Crippen molar-refractivity contribution < 1.29 is 9.84 Å². The minimum Gasteiger partial charge on any atom is -0.492 e. The third kappa shape index (κ3) is 4.20. The number of aliphatic hydroxyl groups is 1. The number of hydrogen-bond donors (Lipinski definition) is 2. The molecule has 106 valence electrons. The molecule has 1 aromatic rings. The molecule has 19 heavy (non-hydrogen) atoms. The Hall–Kier alpha value is -1.10. The van der Waals surface area contributed by atoms with Crippen molar-refractivity contribution in [1.29, 1.82) is 0 Å². The number of ether oxygens (including phenoxy) is 1. The molecule has 0 spiro atoms. The van der Waals surface area contributed by atoms with Crippen LogP contribution in [-0.4, -0.2) is 42.4 Å². The van der Waals surface area contributed by atoms with Crippen LogP contribution in [0.3, 0.4) is 0 Å². The topological polar surface area (TPSA) is 58.7 Å². The Labute approximate surface area is 115 Å². The summed E-state index contributed by atoms with van der Waals surface area (Å²) in [5, 5.41) is 9.56. The Kier molecular flexibility index (Phi) is 5.19. The smallest absolute Gasteiger partial charge is 0.119 e. The lowest BCUT2D eigenvalue weighted by Crippen LogP contribution is -2.28. The third-order valence-corrected chi connectivity index (χ3v) is 3.80. The van der Waals surface area contributed by atoms with Gasteiger partial charge < -0.3 is 15.6 Å². The average Bonchev–Trinajstić information content (AvgIpc) is 2.88. The molecule has 0 aromatic heterocycles. The summed E-state index contributed by atoms with van der Waals surface area (Å²) in [7, 11) is 0. The lowest BCUT2D eigenvalue weighted by atomic mass is 10.0. The summed E-state index contributed by atoms with van der Waals surface area (Å²) in [6.45, 7) is 6.05. The van der Waals surface area contributed by atoms with Crippen molar-refractivity contribution in [2.45, 2.75) is 26.0 Å². The monoisotopic (exact) mass is 264 g/mol. The summed E-state index contributed by atoms with van der Waals surface area (Å²) in [6, 6.07) is 7.92. The maximum Gasteiger partial charge on any atom is 0.119 e. The number of rotatable bonds is 6. The van der Waals surface area contributed by atoms with E-state index in [0.29, 0.717) is 19.1 Å². The molecule has 0 aliphatic carbocycles. The zero-order valence-electron chi connectivity index (χ0n) is 11.6. The summed E-state index contributed by atoms with van der Waals surface area (Å²) in [5.74, 6) is 1.30. The lowest BCUT2D eigenvalue weighted by molar-refractivity contribution is 0.125. The van der Waals surface area contributed by atoms with Gasteiger partial charge >= 0.3 is 0 Å². The molecule has 1 aliphatic heterocycles. The van der Waals surface area contributed by atoms with E-state index in [2.05, 4.69) is 4.90 Å². The van der Waals surface area contributed by atoms with E-state index >= 15 is 0 Å². The zero-order valence-corrected chi connectivity index (χ0v) is 11.6. The molecule has 4 nitrogen and oxygen atoms in total. The SMILES string of the molecule is CC(O)C1CCN(CCOc2cccc(CN)c2)C1. The van der Waals surface area contributed by atoms with E-state index in [1.54, 1.807) is 0 Å². The number of hydrogen-bond acceptors (Lipinski definition) is 4. The van der Waals surface area contributed by atoms with Gasteiger partial charge in [0.15, 0.2) is 0 Å². The normalized spacial score (nSPS) is 21.5. The van der Waals surface area contributed by atoms with E-state index in [9.17, 15) is 5.11 Å². The highest BCUT2D eigenvalue weighted by Gasteiger charge is 2.25. The van der Waals surface area contributed by atoms with Crippen molar-refractivity contribution in [1.82, 2.24) is 4.90 Å². The lowest BCUT2D eigenvalue weighted by Gasteiger charge is -2.17. The van der Waals surface area contributed by atoms with Crippen molar-refractivity contribution in [3.63, 3.8) is 0 Å². The molecule has 0 bridgehead atoms. The number of nitrogens with two attached hydrogens (primary N) is 1. The van der Waals surface area contributed by atoms with E-state index in [0.717, 1.165) is 37.4 Å². The number of likely N-dealkylation sites (tertiary alicyclic amines) is 1. The highest BCUT2D eigenvalue weighted by Crippen LogP contribution is 2.19. The maximum atomic E-state index is 9.56. The minimum absolute atomic E-state index is 0.202. The molecule has 1 aliphatic rings. The molecule has 0 amide bonds. The van der Waals surface area contributed by atoms with Gasteiger partial charge in [-0.3, -0.25) is 4.90 Å². The second-order valence-electron chi connectivity index (χ2n) is 5.29. The van der Waals surface area contributed by atoms with E-state index < -0.39 is 0 Å². The molecule has 0 saturated carbocycles. The molecular weight excluding hydrogens is 240 g/mol. The highest BCUT2D eigenvalue weighted by molar-refractivity contribution is 5.28. The van der Waals surface area contributed by atoms with Gasteiger partial charge in [0.25, 0.3) is 0 Å². The molecular formula is C15H24N2O2. The first-order valence-electron chi connectivity index (χ1n) is 7.01. The molecule has 1 heterocycles. The van der Waals surface area contributed by atoms with Gasteiger partial charge in [0, 0.05) is 19.6 Å². The largest absolute Gasteiger partial charge is 0.492 e. The highest BCUT2D eigenvalue weighted by atomic mass is 16.5. The Morgan fingerprint density at radius 2 is 2.37 bits per heavy atom. The third-order valence-electron chi connectivity index (χ3n) is 3.80. The van der Waals surface area contributed by atoms with E-state index in [1.807, 2.05) is 31.2 Å². The van der Waals surface area contributed by atoms with E-state index in [-0.39, 0.29) is 6.10 Å². The first-order valence-corrected chi connectivity index (χ1v) is 7.01. The van der Waals surface area contributed by atoms with E-state index in [4.69, 9.17) is 10.5 Å². The molecule has 1 fully saturated rings. The molecule has 2 rings (SSSR count). The van der Waals surface area contributed by atoms with Crippen LogP contribution in [-0.2, 0) is 6.54 Å². The predicted molar refractivity (Wildman–Crippen MR) is 76.1 cm³/mol. The number of nitrogens with zero attached hydrogens (tertiary/aromatic N) is 1. The molecule has 1 saturated heterocycles. The van der Waals surface area contributed by atoms with Gasteiger partial charge in [-0.2, -0.15) is 0 Å². The Morgan fingerprint density at radius 3 is 3.05 bits per heavy atom. The van der Waals surface area contributed by atoms with Crippen LogP contribution in [0, 0.1) is 5.92 Å². The Morgan fingerprint density at radius 1 is 1.53 bits per heavy atom. The van der Waals surface area contributed by atoms with Gasteiger partial charge in [-0.1, -0.05) is 12.1 Å². The van der Waals surface area contributed by atoms with Crippen LogP contribution in [0.1, 0.15) is 18.9 Å². The first kappa shape index (κ1) is 14.3. The van der Waals surface area contributed by atoms with Crippen LogP contribution >= 0.6 is 0 Å². The number of aliphatic hydroxyl groups excluding tert-OH is 1. The van der Waals surface area contributed by atoms with Crippen molar-refractivity contribution in [2.75, 3.05) is 26.2 Å². The molecule has 0 radical (unpaired) electrons. The van der Waals surface area contributed by atoms with Crippen LogP contribution < -0.4 is 10.5 Å². The van der Waals surface area contributed by atoms with E-state index in [1.165, 1.54) is 0 Å². The van der Waals surface area contributed by atoms with Crippen LogP contribution in [0.5, 0.6) is 5.75 Å². The summed E-state index contributed by atoms with van der Waals surface area (Å²) in [5.41, 5.74) is 6.69. The maximum absolute atomic E-state index is 9.56. The molecule has 1 aromatic carbocycles. The molecule has 3 N–H and O–H groups in total. The quantitative estimate of drug-likeness (QED) is 0.811. The summed E-state index contributed by atoms with van der Waals surface area (Å²) >= 11 is 0. The predicted octanol–water partition coefficient (Wildman–Crippen LogP) is 1.23. The van der Waals surface area contributed by atoms with Gasteiger partial charge in [-0.15, -0.1) is 0 Å². The summed E-state index contributed by atoms with van der Waals surface area (Å²) in [6.07, 6.45) is 0.882. The molecule has 2 atom stereocenters. The molecule has 4 heteroatoms. The number of benzene rings is 1. The summed E-state index contributed by atoms with van der Waals surface area (Å²) in [4.78, 5) is 2.35. The fourth-order valence-corrected chi connectivity index (χ4v) is 2.51. The Bertz CT molecular complexity index is 395. The van der Waals surface area contributed by atoms with Crippen molar-refractivity contribution in [2.24, 2.45) is 11.7 Å². The van der Waals surface area contributed by atoms with Crippen LogP contribution in [0.2, 0.25) is 0 Å². The zero-order chi connectivity index (χ0) is 13.7. The standard InChI is InChI=1S/C15H24N2O2/c1-12(18)14-5-6-17(11-14)7-8-19-15-4-2-3-13(9-15)10-16/h2-4,9,12,14,18H,5-8,10-11,16H2,1H3. The average molecular weight is 264 g/mol. The van der Waals surface area contributed by atoms with Crippen LogP contribution in [0.15, 0.2) is 24.3 Å². The second kappa shape index (κ2) is 6.89. The van der Waals surface area contributed by atoms with Gasteiger partial charge in [0.2, 0.25) is 0 Å². The van der Waals surface area contributed by atoms with Gasteiger partial charge in [-0.25, -0.2) is 0 Å². The fraction of sp³-hybridized carbons (Fsp3) is 0.600. The first-order chi connectivity index (χ1) is 9.19. The Balaban J connectivity index is 1.72. The van der Waals surface area contributed by atoms with Gasteiger partial charge in [0.1, 0.15) is 12.4 Å². The second-order valence-corrected chi connectivity index (χ2v) is 5.29. The van der Waals surface area contributed by atoms with Crippen LogP contribution in [0.4, 0.5) is 0 Å².